The molecule has 0 amide bonds. The van der Waals surface area contributed by atoms with Crippen molar-refractivity contribution in [2.75, 3.05) is 6.61 Å². The fraction of sp³-hybridized carbons (Fsp3) is 0.154. The molecule has 0 radical (unpaired) electrons. The van der Waals surface area contributed by atoms with Crippen LogP contribution < -0.4 is 16.0 Å². The first-order valence-corrected chi connectivity index (χ1v) is 6.24. The average Bonchev–Trinajstić information content (AvgIpc) is 2.89. The summed E-state index contributed by atoms with van der Waals surface area (Å²) >= 11 is 0. The van der Waals surface area contributed by atoms with Crippen LogP contribution in [0.2, 0.25) is 0 Å². The van der Waals surface area contributed by atoms with Crippen LogP contribution in [0.4, 0.5) is 0 Å². The molecule has 2 N–H and O–H groups in total. The van der Waals surface area contributed by atoms with Crippen molar-refractivity contribution in [3.8, 4) is 5.75 Å². The van der Waals surface area contributed by atoms with Gasteiger partial charge in [-0.15, -0.1) is 0 Å². The van der Waals surface area contributed by atoms with E-state index in [0.717, 1.165) is 5.75 Å². The van der Waals surface area contributed by atoms with Gasteiger partial charge < -0.3 is 14.5 Å². The smallest absolute Gasteiger partial charge is 0.363 e. The molecule has 1 aromatic carbocycles. The third-order valence-electron chi connectivity index (χ3n) is 2.99. The minimum Gasteiger partial charge on any atom is -0.492 e. The van der Waals surface area contributed by atoms with E-state index in [9.17, 15) is 14.8 Å². The summed E-state index contributed by atoms with van der Waals surface area (Å²) in [5, 5.41) is 9.34. The van der Waals surface area contributed by atoms with E-state index in [2.05, 4.69) is 9.97 Å². The van der Waals surface area contributed by atoms with Crippen LogP contribution in [0.1, 0.15) is 0 Å². The highest BCUT2D eigenvalue weighted by Crippen LogP contribution is 2.09. The molecule has 3 rings (SSSR count). The van der Waals surface area contributed by atoms with Crippen molar-refractivity contribution >= 4 is 11.2 Å². The van der Waals surface area contributed by atoms with E-state index in [0.29, 0.717) is 13.2 Å². The zero-order valence-electron chi connectivity index (χ0n) is 10.9. The number of H-pyrrole nitrogens is 1. The summed E-state index contributed by atoms with van der Waals surface area (Å²) in [5.41, 5.74) is -1.48. The predicted molar refractivity (Wildman–Crippen MR) is 73.7 cm³/mol. The van der Waals surface area contributed by atoms with Crippen LogP contribution in [-0.4, -0.2) is 31.1 Å². The number of benzene rings is 1. The number of ether oxygens (including phenoxy) is 1. The lowest BCUT2D eigenvalue weighted by atomic mass is 10.3. The molecule has 0 aliphatic rings. The van der Waals surface area contributed by atoms with Gasteiger partial charge in [0, 0.05) is 0 Å². The van der Waals surface area contributed by atoms with Crippen LogP contribution in [0, 0.1) is 0 Å². The first kappa shape index (κ1) is 13.0. The lowest BCUT2D eigenvalue weighted by molar-refractivity contribution is 0.162. The molecule has 2 aromatic heterocycles. The maximum atomic E-state index is 11.9. The van der Waals surface area contributed by atoms with Crippen molar-refractivity contribution in [2.45, 2.75) is 6.54 Å². The van der Waals surface area contributed by atoms with Crippen LogP contribution in [0.15, 0.2) is 46.2 Å². The molecule has 0 fully saturated rings. The quantitative estimate of drug-likeness (QED) is 0.668. The standard InChI is InChI=1S/C13H12N4O4/c18-12-10-11(15-13(19)17(12)20)14-8-16(10)6-7-21-9-4-2-1-3-5-9/h1-5,8,20H,6-7H2,(H,15,19). The average molecular weight is 288 g/mol. The molecule has 0 aliphatic heterocycles. The van der Waals surface area contributed by atoms with Gasteiger partial charge >= 0.3 is 11.2 Å². The summed E-state index contributed by atoms with van der Waals surface area (Å²) in [5.74, 6) is 0.717. The van der Waals surface area contributed by atoms with Crippen molar-refractivity contribution in [2.24, 2.45) is 0 Å². The highest BCUT2D eigenvalue weighted by atomic mass is 16.5. The fourth-order valence-corrected chi connectivity index (χ4v) is 1.99. The van der Waals surface area contributed by atoms with Crippen molar-refractivity contribution in [1.29, 1.82) is 0 Å². The van der Waals surface area contributed by atoms with E-state index < -0.39 is 11.2 Å². The largest absolute Gasteiger partial charge is 0.492 e. The predicted octanol–water partition coefficient (Wildman–Crippen LogP) is 0.203. The van der Waals surface area contributed by atoms with E-state index in [1.54, 1.807) is 0 Å². The number of hydrogen-bond acceptors (Lipinski definition) is 5. The van der Waals surface area contributed by atoms with Gasteiger partial charge in [-0.25, -0.2) is 9.78 Å². The van der Waals surface area contributed by atoms with E-state index in [4.69, 9.17) is 4.74 Å². The molecule has 8 nitrogen and oxygen atoms in total. The Morgan fingerprint density at radius 3 is 2.76 bits per heavy atom. The first-order chi connectivity index (χ1) is 10.2. The Balaban J connectivity index is 1.84. The van der Waals surface area contributed by atoms with Crippen LogP contribution >= 0.6 is 0 Å². The molecular weight excluding hydrogens is 276 g/mol. The molecular formula is C13H12N4O4. The molecule has 8 heteroatoms. The molecule has 0 aliphatic carbocycles. The zero-order valence-corrected chi connectivity index (χ0v) is 10.9. The molecule has 0 unspecified atom stereocenters. The molecule has 21 heavy (non-hydrogen) atoms. The molecule has 0 atom stereocenters. The van der Waals surface area contributed by atoms with Gasteiger partial charge in [0.25, 0.3) is 0 Å². The maximum absolute atomic E-state index is 11.9. The summed E-state index contributed by atoms with van der Waals surface area (Å²) in [7, 11) is 0. The fourth-order valence-electron chi connectivity index (χ4n) is 1.99. The lowest BCUT2D eigenvalue weighted by Gasteiger charge is -2.07. The van der Waals surface area contributed by atoms with Gasteiger partial charge in [0.1, 0.15) is 12.4 Å². The topological polar surface area (TPSA) is 102 Å². The molecule has 0 saturated heterocycles. The monoisotopic (exact) mass is 288 g/mol. The number of fused-ring (bicyclic) bond motifs is 1. The van der Waals surface area contributed by atoms with Gasteiger partial charge in [0.05, 0.1) is 12.9 Å². The van der Waals surface area contributed by atoms with Gasteiger partial charge in [-0.2, -0.15) is 0 Å². The number of aromatic amines is 1. The maximum Gasteiger partial charge on any atom is 0.363 e. The number of nitrogens with one attached hydrogen (secondary N) is 1. The zero-order chi connectivity index (χ0) is 14.8. The minimum absolute atomic E-state index is 0.0264. The summed E-state index contributed by atoms with van der Waals surface area (Å²) in [6.45, 7) is 0.673. The summed E-state index contributed by atoms with van der Waals surface area (Å²) in [6.07, 6.45) is 1.41. The Bertz CT molecular complexity index is 879. The second-order valence-corrected chi connectivity index (χ2v) is 4.34. The van der Waals surface area contributed by atoms with Crippen LogP contribution in [0.25, 0.3) is 11.2 Å². The molecule has 0 spiro atoms. The molecule has 3 aromatic rings. The van der Waals surface area contributed by atoms with E-state index in [-0.39, 0.29) is 15.9 Å². The normalized spacial score (nSPS) is 10.9. The SMILES string of the molecule is O=c1[nH]c2ncn(CCOc3ccccc3)c2c(=O)n1O. The lowest BCUT2D eigenvalue weighted by Crippen LogP contribution is -2.34. The van der Waals surface area contributed by atoms with Gasteiger partial charge in [-0.1, -0.05) is 22.9 Å². The number of rotatable bonds is 4. The third-order valence-corrected chi connectivity index (χ3v) is 2.99. The van der Waals surface area contributed by atoms with Crippen molar-refractivity contribution in [3.05, 3.63) is 57.5 Å². The Hall–Kier alpha value is -3.03. The van der Waals surface area contributed by atoms with Gasteiger partial charge in [-0.05, 0) is 12.1 Å². The van der Waals surface area contributed by atoms with E-state index >= 15 is 0 Å². The van der Waals surface area contributed by atoms with E-state index in [1.807, 2.05) is 30.3 Å². The summed E-state index contributed by atoms with van der Waals surface area (Å²) in [6, 6.07) is 9.25. The highest BCUT2D eigenvalue weighted by molar-refractivity contribution is 5.68. The third kappa shape index (κ3) is 2.38. The molecule has 0 saturated carbocycles. The molecule has 108 valence electrons. The van der Waals surface area contributed by atoms with Crippen LogP contribution in [0.3, 0.4) is 0 Å². The van der Waals surface area contributed by atoms with Gasteiger partial charge in [0.15, 0.2) is 11.2 Å². The van der Waals surface area contributed by atoms with Crippen molar-refractivity contribution < 1.29 is 9.94 Å². The number of imidazole rings is 1. The second-order valence-electron chi connectivity index (χ2n) is 4.34. The van der Waals surface area contributed by atoms with Crippen LogP contribution in [0.5, 0.6) is 5.75 Å². The van der Waals surface area contributed by atoms with E-state index in [1.165, 1.54) is 10.9 Å². The number of para-hydroxylation sites is 1. The highest BCUT2D eigenvalue weighted by Gasteiger charge is 2.12. The second kappa shape index (κ2) is 5.16. The molecule has 0 bridgehead atoms. The van der Waals surface area contributed by atoms with Crippen LogP contribution in [-0.2, 0) is 6.54 Å². The number of aromatic nitrogens is 4. The van der Waals surface area contributed by atoms with Gasteiger partial charge in [0.2, 0.25) is 0 Å². The number of hydrogen-bond donors (Lipinski definition) is 2. The Kier molecular flexibility index (Phi) is 3.19. The summed E-state index contributed by atoms with van der Waals surface area (Å²) < 4.78 is 7.07. The number of nitrogens with zero attached hydrogens (tertiary/aromatic N) is 3. The van der Waals surface area contributed by atoms with Crippen molar-refractivity contribution in [1.82, 2.24) is 19.3 Å². The minimum atomic E-state index is -0.918. The molecule has 2 heterocycles. The van der Waals surface area contributed by atoms with Gasteiger partial charge in [-0.3, -0.25) is 9.78 Å². The Morgan fingerprint density at radius 1 is 1.24 bits per heavy atom. The Labute approximate surface area is 117 Å². The first-order valence-electron chi connectivity index (χ1n) is 6.24. The van der Waals surface area contributed by atoms with Crippen molar-refractivity contribution in [3.63, 3.8) is 0 Å². The summed E-state index contributed by atoms with van der Waals surface area (Å²) in [4.78, 5) is 29.3. The Morgan fingerprint density at radius 2 is 2.00 bits per heavy atom.